The quantitative estimate of drug-likeness (QED) is 0.761. The van der Waals surface area contributed by atoms with E-state index in [1.165, 1.54) is 0 Å². The monoisotopic (exact) mass is 266 g/mol. The van der Waals surface area contributed by atoms with E-state index in [9.17, 15) is 18.0 Å². The highest BCUT2D eigenvalue weighted by molar-refractivity contribution is 5.83. The van der Waals surface area contributed by atoms with Gasteiger partial charge in [0.1, 0.15) is 0 Å². The predicted octanol–water partition coefficient (Wildman–Crippen LogP) is 1.52. The van der Waals surface area contributed by atoms with Crippen LogP contribution in [0.1, 0.15) is 32.1 Å². The second-order valence-corrected chi connectivity index (χ2v) is 4.96. The molecule has 1 saturated carbocycles. The molecule has 0 aromatic heterocycles. The number of carbonyl (C=O) groups is 1. The average molecular weight is 266 g/mol. The molecular weight excluding hydrogens is 249 g/mol. The Morgan fingerprint density at radius 1 is 1.33 bits per heavy atom. The summed E-state index contributed by atoms with van der Waals surface area (Å²) in [5.41, 5.74) is -0.327. The Morgan fingerprint density at radius 2 is 2.00 bits per heavy atom. The minimum Gasteiger partial charge on any atom is -0.315 e. The molecule has 7 heteroatoms. The normalized spacial score (nSPS) is 29.7. The van der Waals surface area contributed by atoms with Crippen molar-refractivity contribution in [2.45, 2.75) is 44.4 Å². The summed E-state index contributed by atoms with van der Waals surface area (Å²) in [6, 6.07) is 0. The topological polar surface area (TPSA) is 50.4 Å². The third-order valence-electron chi connectivity index (χ3n) is 3.75. The molecule has 1 unspecified atom stereocenters. The minimum absolute atomic E-state index is 0.145. The second kappa shape index (κ2) is 5.05. The Balaban J connectivity index is 1.96. The summed E-state index contributed by atoms with van der Waals surface area (Å²) in [6.07, 6.45) is -1.38. The molecule has 4 nitrogen and oxygen atoms in total. The van der Waals surface area contributed by atoms with E-state index in [1.807, 2.05) is 5.48 Å². The van der Waals surface area contributed by atoms with Crippen LogP contribution in [-0.4, -0.2) is 31.3 Å². The van der Waals surface area contributed by atoms with E-state index in [0.29, 0.717) is 0 Å². The molecule has 2 aliphatic rings. The van der Waals surface area contributed by atoms with Crippen molar-refractivity contribution in [3.8, 4) is 0 Å². The Labute approximate surface area is 103 Å². The van der Waals surface area contributed by atoms with Crippen LogP contribution in [0.25, 0.3) is 0 Å². The summed E-state index contributed by atoms with van der Waals surface area (Å²) in [5, 5.41) is 2.59. The van der Waals surface area contributed by atoms with E-state index in [0.717, 1.165) is 25.7 Å². The van der Waals surface area contributed by atoms with Gasteiger partial charge in [-0.05, 0) is 25.8 Å². The lowest BCUT2D eigenvalue weighted by molar-refractivity contribution is -0.222. The Morgan fingerprint density at radius 3 is 2.50 bits per heavy atom. The smallest absolute Gasteiger partial charge is 0.315 e. The second-order valence-electron chi connectivity index (χ2n) is 4.96. The number of hydroxylamine groups is 1. The Hall–Kier alpha value is -0.820. The van der Waals surface area contributed by atoms with Gasteiger partial charge in [-0.2, -0.15) is 13.2 Å². The summed E-state index contributed by atoms with van der Waals surface area (Å²) in [4.78, 5) is 16.8. The lowest BCUT2D eigenvalue weighted by Crippen LogP contribution is -2.52. The van der Waals surface area contributed by atoms with E-state index in [1.54, 1.807) is 0 Å². The van der Waals surface area contributed by atoms with Crippen molar-refractivity contribution in [3.05, 3.63) is 0 Å². The van der Waals surface area contributed by atoms with E-state index < -0.39 is 17.5 Å². The number of nitrogens with one attached hydrogen (secondary N) is 2. The number of hydrogen-bond donors (Lipinski definition) is 2. The van der Waals surface area contributed by atoms with Crippen LogP contribution in [0.5, 0.6) is 0 Å². The van der Waals surface area contributed by atoms with Crippen LogP contribution in [0.2, 0.25) is 0 Å². The maximum Gasteiger partial charge on any atom is 0.404 e. The van der Waals surface area contributed by atoms with Gasteiger partial charge in [0, 0.05) is 6.54 Å². The standard InChI is InChI=1S/C11H17F3N2O2/c12-11(13,14)10(5-6-15-7-10)9(17)16-18-8-3-1-2-4-8/h8,15H,1-7H2,(H,16,17). The molecule has 1 atom stereocenters. The first-order chi connectivity index (χ1) is 8.46. The van der Waals surface area contributed by atoms with Crippen molar-refractivity contribution in [1.29, 1.82) is 0 Å². The minimum atomic E-state index is -4.56. The van der Waals surface area contributed by atoms with Gasteiger partial charge in [-0.15, -0.1) is 0 Å². The third kappa shape index (κ3) is 2.47. The fourth-order valence-corrected chi connectivity index (χ4v) is 2.50. The van der Waals surface area contributed by atoms with Crippen LogP contribution in [0, 0.1) is 5.41 Å². The zero-order chi connectivity index (χ0) is 13.2. The molecule has 1 aliphatic heterocycles. The predicted molar refractivity (Wildman–Crippen MR) is 57.5 cm³/mol. The van der Waals surface area contributed by atoms with E-state index in [4.69, 9.17) is 4.84 Å². The summed E-state index contributed by atoms with van der Waals surface area (Å²) < 4.78 is 39.0. The van der Waals surface area contributed by atoms with E-state index in [2.05, 4.69) is 5.32 Å². The first kappa shape index (κ1) is 13.6. The van der Waals surface area contributed by atoms with Gasteiger partial charge in [-0.3, -0.25) is 9.63 Å². The summed E-state index contributed by atoms with van der Waals surface area (Å²) >= 11 is 0. The zero-order valence-corrected chi connectivity index (χ0v) is 9.98. The molecule has 0 bridgehead atoms. The summed E-state index contributed by atoms with van der Waals surface area (Å²) in [5.74, 6) is -1.08. The molecule has 2 N–H and O–H groups in total. The molecule has 2 fully saturated rings. The summed E-state index contributed by atoms with van der Waals surface area (Å²) in [6.45, 7) is -0.188. The lowest BCUT2D eigenvalue weighted by atomic mass is 9.85. The molecular formula is C11H17F3N2O2. The Bertz CT molecular complexity index is 308. The van der Waals surface area contributed by atoms with Crippen LogP contribution < -0.4 is 10.8 Å². The van der Waals surface area contributed by atoms with Crippen molar-refractivity contribution < 1.29 is 22.8 Å². The van der Waals surface area contributed by atoms with Crippen LogP contribution >= 0.6 is 0 Å². The first-order valence-electron chi connectivity index (χ1n) is 6.19. The molecule has 0 spiro atoms. The van der Waals surface area contributed by atoms with Crippen molar-refractivity contribution in [1.82, 2.24) is 10.8 Å². The zero-order valence-electron chi connectivity index (χ0n) is 9.98. The Kier molecular flexibility index (Phi) is 3.82. The van der Waals surface area contributed by atoms with Gasteiger partial charge in [0.2, 0.25) is 0 Å². The van der Waals surface area contributed by atoms with Crippen LogP contribution in [0.3, 0.4) is 0 Å². The number of halogens is 3. The maximum absolute atomic E-state index is 13.0. The third-order valence-corrected chi connectivity index (χ3v) is 3.75. The molecule has 2 rings (SSSR count). The lowest BCUT2D eigenvalue weighted by Gasteiger charge is -2.29. The molecule has 18 heavy (non-hydrogen) atoms. The van der Waals surface area contributed by atoms with E-state index in [-0.39, 0.29) is 25.6 Å². The van der Waals surface area contributed by atoms with Crippen molar-refractivity contribution in [2.24, 2.45) is 5.41 Å². The highest BCUT2D eigenvalue weighted by Crippen LogP contribution is 2.43. The van der Waals surface area contributed by atoms with Crippen LogP contribution in [0.4, 0.5) is 13.2 Å². The number of carbonyl (C=O) groups excluding carboxylic acids is 1. The average Bonchev–Trinajstić information content (AvgIpc) is 2.96. The molecule has 104 valence electrons. The van der Waals surface area contributed by atoms with Crippen molar-refractivity contribution in [2.75, 3.05) is 13.1 Å². The van der Waals surface area contributed by atoms with Gasteiger partial charge in [-0.1, -0.05) is 12.8 Å². The SMILES string of the molecule is O=C(NOC1CCCC1)C1(C(F)(F)F)CCNC1. The number of amides is 1. The fourth-order valence-electron chi connectivity index (χ4n) is 2.50. The highest BCUT2D eigenvalue weighted by Gasteiger charge is 2.61. The van der Waals surface area contributed by atoms with Gasteiger partial charge < -0.3 is 5.32 Å². The van der Waals surface area contributed by atoms with Crippen molar-refractivity contribution in [3.63, 3.8) is 0 Å². The largest absolute Gasteiger partial charge is 0.404 e. The molecule has 1 heterocycles. The fraction of sp³-hybridized carbons (Fsp3) is 0.909. The molecule has 1 saturated heterocycles. The van der Waals surface area contributed by atoms with Gasteiger partial charge >= 0.3 is 6.18 Å². The molecule has 0 aromatic carbocycles. The van der Waals surface area contributed by atoms with Crippen LogP contribution in [-0.2, 0) is 9.63 Å². The van der Waals surface area contributed by atoms with Gasteiger partial charge in [0.15, 0.2) is 5.41 Å². The van der Waals surface area contributed by atoms with Crippen LogP contribution in [0.15, 0.2) is 0 Å². The maximum atomic E-state index is 13.0. The summed E-state index contributed by atoms with van der Waals surface area (Å²) in [7, 11) is 0. The van der Waals surface area contributed by atoms with Gasteiger partial charge in [0.05, 0.1) is 6.10 Å². The van der Waals surface area contributed by atoms with Crippen molar-refractivity contribution >= 4 is 5.91 Å². The molecule has 1 aliphatic carbocycles. The molecule has 1 amide bonds. The molecule has 0 aromatic rings. The first-order valence-corrected chi connectivity index (χ1v) is 6.19. The van der Waals surface area contributed by atoms with Gasteiger partial charge in [0.25, 0.3) is 5.91 Å². The molecule has 0 radical (unpaired) electrons. The highest BCUT2D eigenvalue weighted by atomic mass is 19.4. The number of alkyl halides is 3. The van der Waals surface area contributed by atoms with E-state index >= 15 is 0 Å². The number of hydrogen-bond acceptors (Lipinski definition) is 3. The number of rotatable bonds is 3. The van der Waals surface area contributed by atoms with Gasteiger partial charge in [-0.25, -0.2) is 5.48 Å².